The molecule has 0 N–H and O–H groups in total. The number of rotatable bonds is 3. The van der Waals surface area contributed by atoms with Crippen LogP contribution >= 0.6 is 27.3 Å². The van der Waals surface area contributed by atoms with Crippen LogP contribution in [0.25, 0.3) is 10.2 Å². The molecular formula is C18H16BrFN2OS. The van der Waals surface area contributed by atoms with E-state index in [2.05, 4.69) is 15.9 Å². The van der Waals surface area contributed by atoms with Gasteiger partial charge in [-0.1, -0.05) is 18.2 Å². The molecule has 0 bridgehead atoms. The topological polar surface area (TPSA) is 25.2 Å². The lowest BCUT2D eigenvalue weighted by Gasteiger charge is -2.17. The summed E-state index contributed by atoms with van der Waals surface area (Å²) in [5.74, 6) is -0.204. The molecule has 0 atom stereocenters. The van der Waals surface area contributed by atoms with E-state index in [0.717, 1.165) is 40.6 Å². The van der Waals surface area contributed by atoms with Crippen LogP contribution in [-0.2, 0) is 6.54 Å². The molecule has 124 valence electrons. The minimum atomic E-state index is -0.245. The molecule has 1 aliphatic rings. The number of carbonyl (C=O) groups excluding carboxylic acids is 1. The third-order valence-electron chi connectivity index (χ3n) is 4.48. The Morgan fingerprint density at radius 2 is 2.00 bits per heavy atom. The van der Waals surface area contributed by atoms with E-state index < -0.39 is 0 Å². The van der Waals surface area contributed by atoms with Crippen LogP contribution in [0.2, 0.25) is 0 Å². The van der Waals surface area contributed by atoms with Crippen molar-refractivity contribution in [3.63, 3.8) is 0 Å². The molecule has 3 heterocycles. The maximum absolute atomic E-state index is 14.1. The average molecular weight is 407 g/mol. The number of fused-ring (bicyclic) bond motifs is 1. The molecule has 0 spiro atoms. The largest absolute Gasteiger partial charge is 0.337 e. The van der Waals surface area contributed by atoms with Crippen LogP contribution < -0.4 is 0 Å². The van der Waals surface area contributed by atoms with Crippen LogP contribution in [0.15, 0.2) is 40.2 Å². The van der Waals surface area contributed by atoms with Gasteiger partial charge in [-0.25, -0.2) is 4.39 Å². The van der Waals surface area contributed by atoms with Crippen LogP contribution in [0, 0.1) is 5.82 Å². The number of likely N-dealkylation sites (tertiary alicyclic amines) is 1. The lowest BCUT2D eigenvalue weighted by Crippen LogP contribution is -2.29. The third-order valence-corrected chi connectivity index (χ3v) is 6.30. The van der Waals surface area contributed by atoms with Gasteiger partial charge < -0.3 is 9.47 Å². The SMILES string of the molecule is O=C(c1cc2scc(Br)c2n1Cc1ccccc1F)N1CCCC1. The van der Waals surface area contributed by atoms with Crippen LogP contribution in [0.5, 0.6) is 0 Å². The number of thiophene rings is 1. The van der Waals surface area contributed by atoms with E-state index in [4.69, 9.17) is 0 Å². The molecule has 3 nitrogen and oxygen atoms in total. The highest BCUT2D eigenvalue weighted by molar-refractivity contribution is 9.10. The molecule has 24 heavy (non-hydrogen) atoms. The van der Waals surface area contributed by atoms with Crippen LogP contribution in [0.3, 0.4) is 0 Å². The summed E-state index contributed by atoms with van der Waals surface area (Å²) in [6.45, 7) is 1.96. The predicted octanol–water partition coefficient (Wildman–Crippen LogP) is 4.89. The smallest absolute Gasteiger partial charge is 0.270 e. The van der Waals surface area contributed by atoms with Gasteiger partial charge in [0.1, 0.15) is 11.5 Å². The van der Waals surface area contributed by atoms with Gasteiger partial charge in [-0.3, -0.25) is 4.79 Å². The molecule has 1 aliphatic heterocycles. The lowest BCUT2D eigenvalue weighted by atomic mass is 10.2. The molecule has 1 saturated heterocycles. The van der Waals surface area contributed by atoms with Crippen molar-refractivity contribution >= 4 is 43.4 Å². The Morgan fingerprint density at radius 1 is 1.25 bits per heavy atom. The summed E-state index contributed by atoms with van der Waals surface area (Å²) in [5.41, 5.74) is 2.19. The van der Waals surface area contributed by atoms with Gasteiger partial charge in [0.2, 0.25) is 0 Å². The molecule has 0 radical (unpaired) electrons. The van der Waals surface area contributed by atoms with Gasteiger partial charge in [-0.15, -0.1) is 11.3 Å². The maximum atomic E-state index is 14.1. The van der Waals surface area contributed by atoms with Crippen LogP contribution in [0.1, 0.15) is 28.9 Å². The zero-order chi connectivity index (χ0) is 16.7. The minimum absolute atomic E-state index is 0.0409. The average Bonchev–Trinajstić information content (AvgIpc) is 3.29. The number of nitrogens with zero attached hydrogens (tertiary/aromatic N) is 2. The van der Waals surface area contributed by atoms with Crippen molar-refractivity contribution in [2.24, 2.45) is 0 Å². The van der Waals surface area contributed by atoms with Gasteiger partial charge in [0.25, 0.3) is 5.91 Å². The highest BCUT2D eigenvalue weighted by atomic mass is 79.9. The van der Waals surface area contributed by atoms with E-state index in [1.54, 1.807) is 23.5 Å². The van der Waals surface area contributed by atoms with Gasteiger partial charge in [0.05, 0.1) is 21.2 Å². The van der Waals surface area contributed by atoms with Crippen molar-refractivity contribution in [2.75, 3.05) is 13.1 Å². The van der Waals surface area contributed by atoms with Crippen molar-refractivity contribution in [1.29, 1.82) is 0 Å². The number of halogens is 2. The molecule has 1 amide bonds. The number of amides is 1. The Hall–Kier alpha value is -1.66. The summed E-state index contributed by atoms with van der Waals surface area (Å²) in [5, 5.41) is 2.01. The molecule has 0 saturated carbocycles. The second-order valence-electron chi connectivity index (χ2n) is 6.00. The molecule has 1 fully saturated rings. The first kappa shape index (κ1) is 15.8. The van der Waals surface area contributed by atoms with Gasteiger partial charge in [0, 0.05) is 24.0 Å². The molecule has 2 aromatic heterocycles. The molecule has 1 aromatic carbocycles. The fourth-order valence-corrected chi connectivity index (χ4v) is 4.94. The van der Waals surface area contributed by atoms with Gasteiger partial charge >= 0.3 is 0 Å². The Balaban J connectivity index is 1.82. The maximum Gasteiger partial charge on any atom is 0.270 e. The fourth-order valence-electron chi connectivity index (χ4n) is 3.25. The first-order valence-electron chi connectivity index (χ1n) is 7.94. The first-order valence-corrected chi connectivity index (χ1v) is 9.61. The Labute approximate surface area is 151 Å². The quantitative estimate of drug-likeness (QED) is 0.607. The second-order valence-corrected chi connectivity index (χ2v) is 7.77. The lowest BCUT2D eigenvalue weighted by molar-refractivity contribution is 0.0783. The van der Waals surface area contributed by atoms with E-state index >= 15 is 0 Å². The summed E-state index contributed by atoms with van der Waals surface area (Å²) in [6.07, 6.45) is 2.11. The standard InChI is InChI=1S/C18H16BrFN2OS/c19-13-11-24-16-9-15(18(23)21-7-3-4-8-21)22(17(13)16)10-12-5-1-2-6-14(12)20/h1-2,5-6,9,11H,3-4,7-8,10H2. The molecule has 0 aliphatic carbocycles. The van der Waals surface area contributed by atoms with E-state index in [0.29, 0.717) is 17.8 Å². The predicted molar refractivity (Wildman–Crippen MR) is 98.2 cm³/mol. The molecule has 0 unspecified atom stereocenters. The Morgan fingerprint density at radius 3 is 2.75 bits per heavy atom. The number of hydrogen-bond acceptors (Lipinski definition) is 2. The van der Waals surface area contributed by atoms with Crippen LogP contribution in [0.4, 0.5) is 4.39 Å². The first-order chi connectivity index (χ1) is 11.6. The summed E-state index contributed by atoms with van der Waals surface area (Å²) in [7, 11) is 0. The van der Waals surface area contributed by atoms with Crippen molar-refractivity contribution in [2.45, 2.75) is 19.4 Å². The normalized spacial score (nSPS) is 14.7. The molecule has 4 rings (SSSR count). The van der Waals surface area contributed by atoms with Crippen LogP contribution in [-0.4, -0.2) is 28.5 Å². The van der Waals surface area contributed by atoms with Crippen molar-refractivity contribution < 1.29 is 9.18 Å². The fraction of sp³-hybridized carbons (Fsp3) is 0.278. The molecule has 3 aromatic rings. The summed E-state index contributed by atoms with van der Waals surface area (Å²) >= 11 is 5.16. The number of aromatic nitrogens is 1. The number of benzene rings is 1. The minimum Gasteiger partial charge on any atom is -0.337 e. The van der Waals surface area contributed by atoms with E-state index in [1.165, 1.54) is 6.07 Å². The van der Waals surface area contributed by atoms with Gasteiger partial charge in [-0.05, 0) is 40.9 Å². The summed E-state index contributed by atoms with van der Waals surface area (Å²) < 4.78 is 18.0. The van der Waals surface area contributed by atoms with Crippen molar-refractivity contribution in [3.8, 4) is 0 Å². The summed E-state index contributed by atoms with van der Waals surface area (Å²) in [6, 6.07) is 8.67. The van der Waals surface area contributed by atoms with Crippen molar-refractivity contribution in [1.82, 2.24) is 9.47 Å². The summed E-state index contributed by atoms with van der Waals surface area (Å²) in [4.78, 5) is 14.8. The molecule has 6 heteroatoms. The zero-order valence-corrected chi connectivity index (χ0v) is 15.4. The van der Waals surface area contributed by atoms with Gasteiger partial charge in [0.15, 0.2) is 0 Å². The molecular weight excluding hydrogens is 391 g/mol. The van der Waals surface area contributed by atoms with Gasteiger partial charge in [-0.2, -0.15) is 0 Å². The third kappa shape index (κ3) is 2.67. The monoisotopic (exact) mass is 406 g/mol. The van der Waals surface area contributed by atoms with E-state index in [9.17, 15) is 9.18 Å². The zero-order valence-electron chi connectivity index (χ0n) is 13.0. The Kier molecular flexibility index (Phi) is 4.18. The highest BCUT2D eigenvalue weighted by Crippen LogP contribution is 2.34. The highest BCUT2D eigenvalue weighted by Gasteiger charge is 2.25. The van der Waals surface area contributed by atoms with E-state index in [-0.39, 0.29) is 11.7 Å². The van der Waals surface area contributed by atoms with Crippen molar-refractivity contribution in [3.05, 3.63) is 57.3 Å². The second kappa shape index (κ2) is 6.33. The number of hydrogen-bond donors (Lipinski definition) is 0. The Bertz CT molecular complexity index is 911. The van der Waals surface area contributed by atoms with E-state index in [1.807, 2.05) is 27.0 Å². The number of carbonyl (C=O) groups is 1.